The minimum atomic E-state index is -0.786. The van der Waals surface area contributed by atoms with Crippen LogP contribution < -0.4 is 0 Å². The highest BCUT2D eigenvalue weighted by molar-refractivity contribution is 7.97. The molecule has 3 heteroatoms. The van der Waals surface area contributed by atoms with Crippen LogP contribution in [-0.4, -0.2) is 11.1 Å². The van der Waals surface area contributed by atoms with E-state index in [0.717, 1.165) is 17.1 Å². The van der Waals surface area contributed by atoms with Crippen molar-refractivity contribution in [3.05, 3.63) is 71.3 Å². The van der Waals surface area contributed by atoms with Crippen LogP contribution in [0.25, 0.3) is 0 Å². The molecule has 0 spiro atoms. The number of aliphatic carboxylic acids is 1. The van der Waals surface area contributed by atoms with Gasteiger partial charge in [-0.05, 0) is 16.7 Å². The predicted molar refractivity (Wildman–Crippen MR) is 79.2 cm³/mol. The van der Waals surface area contributed by atoms with Crippen LogP contribution in [0.5, 0.6) is 0 Å². The first-order chi connectivity index (χ1) is 9.24. The molecule has 0 aliphatic heterocycles. The Bertz CT molecular complexity index is 520. The van der Waals surface area contributed by atoms with Gasteiger partial charge in [0.15, 0.2) is 0 Å². The first kappa shape index (κ1) is 13.7. The Morgan fingerprint density at radius 3 is 1.95 bits per heavy atom. The second-order valence-electron chi connectivity index (χ2n) is 4.37. The monoisotopic (exact) mass is 272 g/mol. The van der Waals surface area contributed by atoms with Crippen molar-refractivity contribution in [1.82, 2.24) is 0 Å². The van der Waals surface area contributed by atoms with Crippen LogP contribution >= 0.6 is 11.8 Å². The molecule has 2 rings (SSSR count). The summed E-state index contributed by atoms with van der Waals surface area (Å²) in [7, 11) is 0. The third-order valence-corrected chi connectivity index (χ3v) is 3.83. The molecule has 0 fully saturated rings. The van der Waals surface area contributed by atoms with E-state index < -0.39 is 5.97 Å². The van der Waals surface area contributed by atoms with Crippen LogP contribution in [0.1, 0.15) is 16.7 Å². The highest BCUT2D eigenvalue weighted by Gasteiger charge is 2.00. The molecule has 0 amide bonds. The van der Waals surface area contributed by atoms with E-state index in [1.165, 1.54) is 11.1 Å². The summed E-state index contributed by atoms with van der Waals surface area (Å²) in [6.45, 7) is 0. The van der Waals surface area contributed by atoms with E-state index in [2.05, 4.69) is 24.3 Å². The van der Waals surface area contributed by atoms with Crippen molar-refractivity contribution in [2.75, 3.05) is 0 Å². The normalized spacial score (nSPS) is 10.3. The Morgan fingerprint density at radius 1 is 0.842 bits per heavy atom. The summed E-state index contributed by atoms with van der Waals surface area (Å²) in [5, 5.41) is 8.70. The molecule has 0 atom stereocenters. The number of carboxylic acid groups (broad SMARTS) is 1. The van der Waals surface area contributed by atoms with E-state index in [9.17, 15) is 4.79 Å². The lowest BCUT2D eigenvalue weighted by Gasteiger charge is -2.03. The molecule has 98 valence electrons. The smallest absolute Gasteiger partial charge is 0.307 e. The van der Waals surface area contributed by atoms with E-state index in [1.54, 1.807) is 0 Å². The summed E-state index contributed by atoms with van der Waals surface area (Å²) < 4.78 is 0. The fourth-order valence-corrected chi connectivity index (χ4v) is 2.75. The zero-order chi connectivity index (χ0) is 13.5. The van der Waals surface area contributed by atoms with Gasteiger partial charge in [0.1, 0.15) is 0 Å². The lowest BCUT2D eigenvalue weighted by atomic mass is 10.1. The van der Waals surface area contributed by atoms with Gasteiger partial charge in [-0.25, -0.2) is 0 Å². The number of rotatable bonds is 6. The first-order valence-electron chi connectivity index (χ1n) is 6.15. The van der Waals surface area contributed by atoms with E-state index in [-0.39, 0.29) is 6.42 Å². The van der Waals surface area contributed by atoms with Crippen molar-refractivity contribution in [3.8, 4) is 0 Å². The Morgan fingerprint density at radius 2 is 1.37 bits per heavy atom. The number of hydrogen-bond donors (Lipinski definition) is 1. The van der Waals surface area contributed by atoms with Crippen LogP contribution in [-0.2, 0) is 22.7 Å². The van der Waals surface area contributed by atoms with Crippen LogP contribution in [0.2, 0.25) is 0 Å². The van der Waals surface area contributed by atoms with Crippen molar-refractivity contribution in [1.29, 1.82) is 0 Å². The van der Waals surface area contributed by atoms with Crippen LogP contribution in [0.3, 0.4) is 0 Å². The molecule has 2 nitrogen and oxygen atoms in total. The second-order valence-corrected chi connectivity index (χ2v) is 5.35. The third-order valence-electron chi connectivity index (χ3n) is 2.76. The Hall–Kier alpha value is -1.74. The van der Waals surface area contributed by atoms with Gasteiger partial charge in [-0.2, -0.15) is 11.8 Å². The zero-order valence-corrected chi connectivity index (χ0v) is 11.4. The predicted octanol–water partition coefficient (Wildman–Crippen LogP) is 3.75. The summed E-state index contributed by atoms with van der Waals surface area (Å²) in [5.74, 6) is 1.16. The second kappa shape index (κ2) is 7.00. The SMILES string of the molecule is O=C(O)Cc1ccc(CSCc2ccccc2)cc1. The maximum absolute atomic E-state index is 10.6. The zero-order valence-electron chi connectivity index (χ0n) is 10.6. The van der Waals surface area contributed by atoms with Crippen molar-refractivity contribution in [2.45, 2.75) is 17.9 Å². The molecule has 0 heterocycles. The molecule has 2 aromatic rings. The van der Waals surface area contributed by atoms with Crippen molar-refractivity contribution >= 4 is 17.7 Å². The van der Waals surface area contributed by atoms with Crippen molar-refractivity contribution in [3.63, 3.8) is 0 Å². The minimum Gasteiger partial charge on any atom is -0.481 e. The van der Waals surface area contributed by atoms with Crippen molar-refractivity contribution in [2.24, 2.45) is 0 Å². The highest BCUT2D eigenvalue weighted by atomic mass is 32.2. The van der Waals surface area contributed by atoms with Crippen LogP contribution in [0.15, 0.2) is 54.6 Å². The first-order valence-corrected chi connectivity index (χ1v) is 7.31. The van der Waals surface area contributed by atoms with Gasteiger partial charge < -0.3 is 5.11 Å². The lowest BCUT2D eigenvalue weighted by Crippen LogP contribution is -1.99. The number of carboxylic acids is 1. The molecule has 0 saturated carbocycles. The highest BCUT2D eigenvalue weighted by Crippen LogP contribution is 2.18. The molecule has 2 aromatic carbocycles. The molecular formula is C16H16O2S. The van der Waals surface area contributed by atoms with Gasteiger partial charge in [-0.15, -0.1) is 0 Å². The largest absolute Gasteiger partial charge is 0.481 e. The maximum Gasteiger partial charge on any atom is 0.307 e. The molecule has 19 heavy (non-hydrogen) atoms. The van der Waals surface area contributed by atoms with Gasteiger partial charge in [0, 0.05) is 11.5 Å². The number of hydrogen-bond acceptors (Lipinski definition) is 2. The molecule has 0 radical (unpaired) electrons. The Balaban J connectivity index is 1.81. The van der Waals surface area contributed by atoms with E-state index in [1.807, 2.05) is 42.1 Å². The van der Waals surface area contributed by atoms with Gasteiger partial charge in [0.05, 0.1) is 6.42 Å². The molecule has 1 N–H and O–H groups in total. The van der Waals surface area contributed by atoms with Crippen molar-refractivity contribution < 1.29 is 9.90 Å². The number of benzene rings is 2. The van der Waals surface area contributed by atoms with Gasteiger partial charge in [0.2, 0.25) is 0 Å². The van der Waals surface area contributed by atoms with Gasteiger partial charge in [-0.1, -0.05) is 54.6 Å². The van der Waals surface area contributed by atoms with Crippen LogP contribution in [0.4, 0.5) is 0 Å². The molecule has 0 aliphatic carbocycles. The standard InChI is InChI=1S/C16H16O2S/c17-16(18)10-13-6-8-15(9-7-13)12-19-11-14-4-2-1-3-5-14/h1-9H,10-12H2,(H,17,18). The summed E-state index contributed by atoms with van der Waals surface area (Å²) >= 11 is 1.86. The molecule has 0 bridgehead atoms. The van der Waals surface area contributed by atoms with E-state index in [4.69, 9.17) is 5.11 Å². The third kappa shape index (κ3) is 4.79. The average molecular weight is 272 g/mol. The fraction of sp³-hybridized carbons (Fsp3) is 0.188. The molecule has 0 saturated heterocycles. The lowest BCUT2D eigenvalue weighted by molar-refractivity contribution is -0.136. The average Bonchev–Trinajstić information content (AvgIpc) is 2.41. The maximum atomic E-state index is 10.6. The van der Waals surface area contributed by atoms with Gasteiger partial charge in [0.25, 0.3) is 0 Å². The number of carbonyl (C=O) groups is 1. The fourth-order valence-electron chi connectivity index (χ4n) is 1.79. The molecular weight excluding hydrogens is 256 g/mol. The quantitative estimate of drug-likeness (QED) is 0.870. The number of thioether (sulfide) groups is 1. The molecule has 0 aromatic heterocycles. The summed E-state index contributed by atoms with van der Waals surface area (Å²) in [4.78, 5) is 10.6. The summed E-state index contributed by atoms with van der Waals surface area (Å²) in [6, 6.07) is 18.2. The summed E-state index contributed by atoms with van der Waals surface area (Å²) in [6.07, 6.45) is 0.0947. The topological polar surface area (TPSA) is 37.3 Å². The molecule has 0 aliphatic rings. The van der Waals surface area contributed by atoms with E-state index >= 15 is 0 Å². The summed E-state index contributed by atoms with van der Waals surface area (Å²) in [5.41, 5.74) is 3.41. The minimum absolute atomic E-state index is 0.0947. The Labute approximate surface area is 117 Å². The molecule has 0 unspecified atom stereocenters. The van der Waals surface area contributed by atoms with Gasteiger partial charge >= 0.3 is 5.97 Å². The van der Waals surface area contributed by atoms with Crippen LogP contribution in [0, 0.1) is 0 Å². The van der Waals surface area contributed by atoms with E-state index in [0.29, 0.717) is 0 Å². The Kier molecular flexibility index (Phi) is 5.04. The van der Waals surface area contributed by atoms with Gasteiger partial charge in [-0.3, -0.25) is 4.79 Å².